The summed E-state index contributed by atoms with van der Waals surface area (Å²) in [6.45, 7) is 4.16. The number of unbranched alkanes of at least 4 members (excludes halogenated alkanes) is 1. The van der Waals surface area contributed by atoms with E-state index in [1.54, 1.807) is 0 Å². The lowest BCUT2D eigenvalue weighted by molar-refractivity contribution is -0.162. The number of aryl methyl sites for hydroxylation is 2. The topological polar surface area (TPSA) is 21.7 Å². The third-order valence-electron chi connectivity index (χ3n) is 7.83. The minimum atomic E-state index is 0.0670. The molecule has 3 aliphatic rings. The molecule has 2 aliphatic heterocycles. The second-order valence-electron chi connectivity index (χ2n) is 9.94. The second-order valence-corrected chi connectivity index (χ2v) is 9.94. The number of piperidine rings is 1. The van der Waals surface area contributed by atoms with E-state index in [-0.39, 0.29) is 6.29 Å². The molecule has 1 unspecified atom stereocenters. The molecule has 2 saturated heterocycles. The fourth-order valence-electron chi connectivity index (χ4n) is 5.98. The summed E-state index contributed by atoms with van der Waals surface area (Å²) in [7, 11) is 0. The standard InChI is InChI=1S/C29H39NO2/c1-3-12-26-24(10-1)15-16-25-11-2-4-13-27(25)29(26)30-19-17-23(18-20-30)9-5-7-21-31-28-14-6-8-22-32-28/h1-4,10-13,23,28-29H,5-9,14-22H2. The molecule has 3 nitrogen and oxygen atoms in total. The first-order valence-electron chi connectivity index (χ1n) is 13.0. The zero-order valence-electron chi connectivity index (χ0n) is 19.5. The zero-order chi connectivity index (χ0) is 21.6. The molecule has 0 aromatic heterocycles. The van der Waals surface area contributed by atoms with Crippen LogP contribution in [0.25, 0.3) is 0 Å². The molecule has 1 aliphatic carbocycles. The molecule has 2 aromatic rings. The van der Waals surface area contributed by atoms with E-state index in [4.69, 9.17) is 9.47 Å². The highest BCUT2D eigenvalue weighted by atomic mass is 16.7. The fraction of sp³-hybridized carbons (Fsp3) is 0.586. The molecule has 3 heteroatoms. The van der Waals surface area contributed by atoms with Gasteiger partial charge in [0.05, 0.1) is 6.04 Å². The van der Waals surface area contributed by atoms with Crippen LogP contribution in [0.3, 0.4) is 0 Å². The second kappa shape index (κ2) is 11.0. The molecular formula is C29H39NO2. The van der Waals surface area contributed by atoms with E-state index in [0.717, 1.165) is 38.4 Å². The van der Waals surface area contributed by atoms with E-state index in [2.05, 4.69) is 53.4 Å². The molecule has 0 spiro atoms. The molecule has 0 amide bonds. The highest BCUT2D eigenvalue weighted by Crippen LogP contribution is 2.39. The molecule has 172 valence electrons. The zero-order valence-corrected chi connectivity index (χ0v) is 19.5. The number of benzene rings is 2. The lowest BCUT2D eigenvalue weighted by Crippen LogP contribution is -2.37. The van der Waals surface area contributed by atoms with Crippen LogP contribution in [0.15, 0.2) is 48.5 Å². The Morgan fingerprint density at radius 3 is 2.16 bits per heavy atom. The Bertz CT molecular complexity index is 804. The van der Waals surface area contributed by atoms with Gasteiger partial charge in [-0.05, 0) is 92.6 Å². The molecule has 32 heavy (non-hydrogen) atoms. The van der Waals surface area contributed by atoms with E-state index < -0.39 is 0 Å². The van der Waals surface area contributed by atoms with Gasteiger partial charge in [0.15, 0.2) is 6.29 Å². The Morgan fingerprint density at radius 1 is 0.812 bits per heavy atom. The highest BCUT2D eigenvalue weighted by Gasteiger charge is 2.31. The normalized spacial score (nSPS) is 22.8. The summed E-state index contributed by atoms with van der Waals surface area (Å²) in [4.78, 5) is 2.77. The van der Waals surface area contributed by atoms with Crippen molar-refractivity contribution in [2.45, 2.75) is 76.5 Å². The third-order valence-corrected chi connectivity index (χ3v) is 7.83. The predicted octanol–water partition coefficient (Wildman–Crippen LogP) is 6.30. The molecule has 2 heterocycles. The first kappa shape index (κ1) is 22.1. The van der Waals surface area contributed by atoms with Crippen molar-refractivity contribution in [1.29, 1.82) is 0 Å². The summed E-state index contributed by atoms with van der Waals surface area (Å²) in [5.41, 5.74) is 6.16. The Labute approximate surface area is 194 Å². The number of likely N-dealkylation sites (tertiary alicyclic amines) is 1. The van der Waals surface area contributed by atoms with Crippen LogP contribution >= 0.6 is 0 Å². The Hall–Kier alpha value is -1.68. The molecule has 0 bridgehead atoms. The summed E-state index contributed by atoms with van der Waals surface area (Å²) in [5, 5.41) is 0. The largest absolute Gasteiger partial charge is 0.353 e. The lowest BCUT2D eigenvalue weighted by Gasteiger charge is -2.39. The smallest absolute Gasteiger partial charge is 0.157 e. The predicted molar refractivity (Wildman–Crippen MR) is 130 cm³/mol. The number of hydrogen-bond acceptors (Lipinski definition) is 3. The van der Waals surface area contributed by atoms with Gasteiger partial charge in [0.25, 0.3) is 0 Å². The first-order chi connectivity index (χ1) is 15.9. The molecule has 0 saturated carbocycles. The molecular weight excluding hydrogens is 394 g/mol. The van der Waals surface area contributed by atoms with E-state index >= 15 is 0 Å². The fourth-order valence-corrected chi connectivity index (χ4v) is 5.98. The van der Waals surface area contributed by atoms with E-state index in [1.165, 1.54) is 80.3 Å². The van der Waals surface area contributed by atoms with Gasteiger partial charge in [-0.25, -0.2) is 0 Å². The number of rotatable bonds is 7. The van der Waals surface area contributed by atoms with Crippen molar-refractivity contribution >= 4 is 0 Å². The summed E-state index contributed by atoms with van der Waals surface area (Å²) in [6, 6.07) is 18.8. The van der Waals surface area contributed by atoms with Crippen LogP contribution in [0.2, 0.25) is 0 Å². The number of ether oxygens (including phenoxy) is 2. The van der Waals surface area contributed by atoms with Gasteiger partial charge in [-0.2, -0.15) is 0 Å². The van der Waals surface area contributed by atoms with Crippen LogP contribution in [-0.2, 0) is 22.3 Å². The van der Waals surface area contributed by atoms with Crippen molar-refractivity contribution in [2.75, 3.05) is 26.3 Å². The quantitative estimate of drug-likeness (QED) is 0.478. The van der Waals surface area contributed by atoms with E-state index in [1.807, 2.05) is 0 Å². The van der Waals surface area contributed by atoms with Crippen molar-refractivity contribution in [1.82, 2.24) is 4.90 Å². The number of hydrogen-bond donors (Lipinski definition) is 0. The van der Waals surface area contributed by atoms with Crippen LogP contribution in [0.4, 0.5) is 0 Å². The lowest BCUT2D eigenvalue weighted by atomic mass is 9.87. The van der Waals surface area contributed by atoms with Crippen LogP contribution < -0.4 is 0 Å². The molecule has 5 rings (SSSR count). The third kappa shape index (κ3) is 5.27. The number of nitrogens with zero attached hydrogens (tertiary/aromatic N) is 1. The Morgan fingerprint density at radius 2 is 1.50 bits per heavy atom. The summed E-state index contributed by atoms with van der Waals surface area (Å²) < 4.78 is 11.6. The minimum absolute atomic E-state index is 0.0670. The van der Waals surface area contributed by atoms with Crippen LogP contribution in [0.1, 0.15) is 79.7 Å². The maximum absolute atomic E-state index is 5.92. The summed E-state index contributed by atoms with van der Waals surface area (Å²) in [6.07, 6.45) is 12.4. The van der Waals surface area contributed by atoms with Gasteiger partial charge in [0.2, 0.25) is 0 Å². The van der Waals surface area contributed by atoms with E-state index in [9.17, 15) is 0 Å². The molecule has 2 aromatic carbocycles. The van der Waals surface area contributed by atoms with Crippen molar-refractivity contribution in [2.24, 2.45) is 5.92 Å². The SMILES string of the molecule is c1ccc2c(c1)CCc1ccccc1C2N1CCC(CCCCOC2CCCCO2)CC1. The number of fused-ring (bicyclic) bond motifs is 2. The van der Waals surface area contributed by atoms with Gasteiger partial charge in [-0.15, -0.1) is 0 Å². The molecule has 1 atom stereocenters. The maximum Gasteiger partial charge on any atom is 0.157 e. The molecule has 2 fully saturated rings. The minimum Gasteiger partial charge on any atom is -0.353 e. The van der Waals surface area contributed by atoms with Gasteiger partial charge < -0.3 is 9.47 Å². The molecule has 0 radical (unpaired) electrons. The average molecular weight is 434 g/mol. The van der Waals surface area contributed by atoms with Gasteiger partial charge in [-0.1, -0.05) is 61.4 Å². The summed E-state index contributed by atoms with van der Waals surface area (Å²) in [5.74, 6) is 0.869. The average Bonchev–Trinajstić information content (AvgIpc) is 3.02. The van der Waals surface area contributed by atoms with Crippen LogP contribution in [0, 0.1) is 5.92 Å². The van der Waals surface area contributed by atoms with Crippen molar-refractivity contribution in [3.63, 3.8) is 0 Å². The first-order valence-corrected chi connectivity index (χ1v) is 13.0. The van der Waals surface area contributed by atoms with Gasteiger partial charge in [-0.3, -0.25) is 4.90 Å². The molecule has 0 N–H and O–H groups in total. The monoisotopic (exact) mass is 433 g/mol. The Kier molecular flexibility index (Phi) is 7.58. The van der Waals surface area contributed by atoms with Crippen molar-refractivity contribution in [3.05, 3.63) is 70.8 Å². The van der Waals surface area contributed by atoms with Crippen LogP contribution in [0.5, 0.6) is 0 Å². The van der Waals surface area contributed by atoms with Crippen LogP contribution in [-0.4, -0.2) is 37.5 Å². The van der Waals surface area contributed by atoms with Gasteiger partial charge in [0.1, 0.15) is 0 Å². The maximum atomic E-state index is 5.92. The van der Waals surface area contributed by atoms with Gasteiger partial charge >= 0.3 is 0 Å². The van der Waals surface area contributed by atoms with Crippen molar-refractivity contribution in [3.8, 4) is 0 Å². The van der Waals surface area contributed by atoms with Crippen molar-refractivity contribution < 1.29 is 9.47 Å². The van der Waals surface area contributed by atoms with E-state index in [0.29, 0.717) is 6.04 Å². The van der Waals surface area contributed by atoms with Gasteiger partial charge in [0, 0.05) is 13.2 Å². The Balaban J connectivity index is 1.14. The highest BCUT2D eigenvalue weighted by molar-refractivity contribution is 5.44. The summed E-state index contributed by atoms with van der Waals surface area (Å²) >= 11 is 0.